The summed E-state index contributed by atoms with van der Waals surface area (Å²) in [6.07, 6.45) is 5.50. The normalized spacial score (nSPS) is 10.9. The van der Waals surface area contributed by atoms with Crippen molar-refractivity contribution in [1.29, 1.82) is 0 Å². The summed E-state index contributed by atoms with van der Waals surface area (Å²) in [5, 5.41) is 2.48. The van der Waals surface area contributed by atoms with E-state index in [0.29, 0.717) is 10.7 Å². The first kappa shape index (κ1) is 11.4. The summed E-state index contributed by atoms with van der Waals surface area (Å²) in [6, 6.07) is 3.29. The monoisotopic (exact) mass is 277 g/mol. The third-order valence-electron chi connectivity index (χ3n) is 2.50. The van der Waals surface area contributed by atoms with Crippen molar-refractivity contribution in [3.05, 3.63) is 52.5 Å². The number of thiazole rings is 1. The van der Waals surface area contributed by atoms with Crippen LogP contribution in [0.15, 0.2) is 36.1 Å². The van der Waals surface area contributed by atoms with Crippen molar-refractivity contribution < 1.29 is 4.79 Å². The second-order valence-electron chi connectivity index (χ2n) is 3.79. The van der Waals surface area contributed by atoms with E-state index in [0.717, 1.165) is 10.7 Å². The zero-order valence-corrected chi connectivity index (χ0v) is 10.8. The molecule has 0 saturated carbocycles. The van der Waals surface area contributed by atoms with Gasteiger partial charge in [-0.2, -0.15) is 0 Å². The Morgan fingerprint density at radius 3 is 3.06 bits per heavy atom. The molecule has 0 bridgehead atoms. The standard InChI is InChI=1S/C12H8ClN3OS/c13-8-1-2-10(14-6-8)11(17)5-9-7-16-3-4-18-12(16)15-9/h1-4,6-7H,5H2. The minimum atomic E-state index is -0.0579. The summed E-state index contributed by atoms with van der Waals surface area (Å²) in [5.41, 5.74) is 1.17. The molecule has 0 aliphatic heterocycles. The molecule has 0 aliphatic carbocycles. The highest BCUT2D eigenvalue weighted by Gasteiger charge is 2.11. The Bertz CT molecular complexity index is 673. The van der Waals surface area contributed by atoms with Crippen LogP contribution < -0.4 is 0 Å². The van der Waals surface area contributed by atoms with Gasteiger partial charge in [-0.15, -0.1) is 11.3 Å². The third kappa shape index (κ3) is 2.14. The quantitative estimate of drug-likeness (QED) is 0.692. The fourth-order valence-electron chi connectivity index (χ4n) is 1.66. The second kappa shape index (κ2) is 4.51. The third-order valence-corrected chi connectivity index (χ3v) is 3.49. The minimum Gasteiger partial charge on any atom is -0.297 e. The van der Waals surface area contributed by atoms with Crippen molar-refractivity contribution in [2.45, 2.75) is 6.42 Å². The highest BCUT2D eigenvalue weighted by atomic mass is 35.5. The highest BCUT2D eigenvalue weighted by molar-refractivity contribution is 7.15. The molecule has 0 unspecified atom stereocenters. The van der Waals surface area contributed by atoms with Gasteiger partial charge in [0.25, 0.3) is 0 Å². The Balaban J connectivity index is 1.82. The number of fused-ring (bicyclic) bond motifs is 1. The molecule has 90 valence electrons. The van der Waals surface area contributed by atoms with Crippen molar-refractivity contribution in [2.75, 3.05) is 0 Å². The molecule has 0 radical (unpaired) electrons. The second-order valence-corrected chi connectivity index (χ2v) is 5.10. The Labute approximate surface area is 112 Å². The maximum absolute atomic E-state index is 12.0. The fourth-order valence-corrected chi connectivity index (χ4v) is 2.49. The SMILES string of the molecule is O=C(Cc1cn2ccsc2n1)c1ccc(Cl)cn1. The first-order valence-electron chi connectivity index (χ1n) is 5.28. The maximum atomic E-state index is 12.0. The first-order chi connectivity index (χ1) is 8.72. The Morgan fingerprint density at radius 1 is 1.44 bits per heavy atom. The molecule has 0 saturated heterocycles. The lowest BCUT2D eigenvalue weighted by Crippen LogP contribution is -2.05. The van der Waals surface area contributed by atoms with Gasteiger partial charge in [0.05, 0.1) is 17.1 Å². The van der Waals surface area contributed by atoms with Crippen LogP contribution in [0.4, 0.5) is 0 Å². The van der Waals surface area contributed by atoms with Crippen molar-refractivity contribution >= 4 is 33.7 Å². The molecule has 3 rings (SSSR count). The lowest BCUT2D eigenvalue weighted by atomic mass is 10.1. The summed E-state index contributed by atoms with van der Waals surface area (Å²) < 4.78 is 1.91. The highest BCUT2D eigenvalue weighted by Crippen LogP contribution is 2.13. The molecule has 18 heavy (non-hydrogen) atoms. The predicted molar refractivity (Wildman–Crippen MR) is 70.4 cm³/mol. The van der Waals surface area contributed by atoms with Gasteiger partial charge in [0.15, 0.2) is 10.7 Å². The van der Waals surface area contributed by atoms with Gasteiger partial charge in [0.1, 0.15) is 5.69 Å². The molecule has 0 amide bonds. The molecule has 0 spiro atoms. The molecule has 6 heteroatoms. The smallest absolute Gasteiger partial charge is 0.193 e. The molecule has 0 aromatic carbocycles. The molecule has 0 atom stereocenters. The largest absolute Gasteiger partial charge is 0.297 e. The number of nitrogens with zero attached hydrogens (tertiary/aromatic N) is 3. The zero-order valence-electron chi connectivity index (χ0n) is 9.21. The summed E-state index contributed by atoms with van der Waals surface area (Å²) in [5.74, 6) is -0.0579. The van der Waals surface area contributed by atoms with Crippen molar-refractivity contribution in [1.82, 2.24) is 14.4 Å². The van der Waals surface area contributed by atoms with Crippen LogP contribution in [0.1, 0.15) is 16.2 Å². The number of carbonyl (C=O) groups excluding carboxylic acids is 1. The lowest BCUT2D eigenvalue weighted by molar-refractivity contribution is 0.0987. The average molecular weight is 278 g/mol. The van der Waals surface area contributed by atoms with Gasteiger partial charge < -0.3 is 0 Å². The molecule has 0 N–H and O–H groups in total. The number of halogens is 1. The van der Waals surface area contributed by atoms with E-state index in [-0.39, 0.29) is 12.2 Å². The van der Waals surface area contributed by atoms with E-state index in [9.17, 15) is 4.79 Å². The average Bonchev–Trinajstić information content (AvgIpc) is 2.90. The number of ketones is 1. The number of pyridine rings is 1. The van der Waals surface area contributed by atoms with E-state index in [4.69, 9.17) is 11.6 Å². The van der Waals surface area contributed by atoms with Gasteiger partial charge >= 0.3 is 0 Å². The van der Waals surface area contributed by atoms with Gasteiger partial charge in [0, 0.05) is 24.0 Å². The van der Waals surface area contributed by atoms with Crippen LogP contribution in [0, 0.1) is 0 Å². The van der Waals surface area contributed by atoms with E-state index >= 15 is 0 Å². The van der Waals surface area contributed by atoms with Gasteiger partial charge in [-0.1, -0.05) is 11.6 Å². The van der Waals surface area contributed by atoms with Crippen LogP contribution in [0.3, 0.4) is 0 Å². The van der Waals surface area contributed by atoms with Crippen molar-refractivity contribution in [3.63, 3.8) is 0 Å². The van der Waals surface area contributed by atoms with E-state index in [2.05, 4.69) is 9.97 Å². The minimum absolute atomic E-state index is 0.0579. The van der Waals surface area contributed by atoms with Crippen LogP contribution in [-0.4, -0.2) is 20.2 Å². The van der Waals surface area contributed by atoms with Gasteiger partial charge in [-0.05, 0) is 12.1 Å². The zero-order chi connectivity index (χ0) is 12.5. The predicted octanol–water partition coefficient (Wildman–Crippen LogP) is 2.87. The fraction of sp³-hybridized carbons (Fsp3) is 0.0833. The number of aromatic nitrogens is 3. The molecular weight excluding hydrogens is 270 g/mol. The van der Waals surface area contributed by atoms with Gasteiger partial charge in [-0.25, -0.2) is 4.98 Å². The number of carbonyl (C=O) groups is 1. The van der Waals surface area contributed by atoms with E-state index in [1.54, 1.807) is 23.5 Å². The van der Waals surface area contributed by atoms with E-state index < -0.39 is 0 Å². The number of Topliss-reactive ketones (excluding diaryl/α,β-unsaturated/α-hetero) is 1. The number of imidazole rings is 1. The van der Waals surface area contributed by atoms with Crippen LogP contribution >= 0.6 is 22.9 Å². The molecule has 3 aromatic heterocycles. The number of rotatable bonds is 3. The van der Waals surface area contributed by atoms with Crippen molar-refractivity contribution in [2.24, 2.45) is 0 Å². The Kier molecular flexibility index (Phi) is 2.85. The first-order valence-corrected chi connectivity index (χ1v) is 6.54. The van der Waals surface area contributed by atoms with E-state index in [1.165, 1.54) is 6.20 Å². The van der Waals surface area contributed by atoms with Crippen molar-refractivity contribution in [3.8, 4) is 0 Å². The lowest BCUT2D eigenvalue weighted by Gasteiger charge is -1.97. The molecular formula is C12H8ClN3OS. The van der Waals surface area contributed by atoms with Gasteiger partial charge in [-0.3, -0.25) is 14.2 Å². The van der Waals surface area contributed by atoms with E-state index in [1.807, 2.05) is 22.2 Å². The molecule has 3 heterocycles. The molecule has 3 aromatic rings. The summed E-state index contributed by atoms with van der Waals surface area (Å²) in [6.45, 7) is 0. The Morgan fingerprint density at radius 2 is 2.33 bits per heavy atom. The molecule has 0 fully saturated rings. The summed E-state index contributed by atoms with van der Waals surface area (Å²) in [7, 11) is 0. The number of hydrogen-bond acceptors (Lipinski definition) is 4. The van der Waals surface area contributed by atoms with Crippen LogP contribution in [0.2, 0.25) is 5.02 Å². The molecule has 4 nitrogen and oxygen atoms in total. The maximum Gasteiger partial charge on any atom is 0.193 e. The van der Waals surface area contributed by atoms with Crippen LogP contribution in [0.5, 0.6) is 0 Å². The van der Waals surface area contributed by atoms with Crippen LogP contribution in [0.25, 0.3) is 4.96 Å². The van der Waals surface area contributed by atoms with Crippen LogP contribution in [-0.2, 0) is 6.42 Å². The summed E-state index contributed by atoms with van der Waals surface area (Å²) >= 11 is 7.27. The van der Waals surface area contributed by atoms with Gasteiger partial charge in [0.2, 0.25) is 0 Å². The Hall–Kier alpha value is -1.72. The molecule has 0 aliphatic rings. The topological polar surface area (TPSA) is 47.3 Å². The number of hydrogen-bond donors (Lipinski definition) is 0. The summed E-state index contributed by atoms with van der Waals surface area (Å²) in [4.78, 5) is 21.2.